The Hall–Kier alpha value is -1.61. The standard InChI is InChI=1S/C26H49N5O12.Gd/c1-40-13-9-30(10-14-41-2)22(32)17-28(20-25(36)37)7-5-27(19-24(34)35)6-8-29(21-26(38)39)18-23(33)31(11-15-42-3)12-16-43-4;/h5-21H2,1-4H3,(H,34,35)(H,36,37)(H,38,39);/q;+3. The zero-order valence-electron chi connectivity index (χ0n) is 26.1. The minimum absolute atomic E-state index is 0. The van der Waals surface area contributed by atoms with Gasteiger partial charge in [0.15, 0.2) is 0 Å². The minimum Gasteiger partial charge on any atom is -0.480 e. The summed E-state index contributed by atoms with van der Waals surface area (Å²) in [6, 6.07) is 0. The van der Waals surface area contributed by atoms with Gasteiger partial charge in [-0.05, 0) is 0 Å². The fourth-order valence-electron chi connectivity index (χ4n) is 3.95. The average molecular weight is 781 g/mol. The quantitative estimate of drug-likeness (QED) is 0.0746. The summed E-state index contributed by atoms with van der Waals surface area (Å²) in [4.78, 5) is 67.7. The molecule has 0 aromatic rings. The van der Waals surface area contributed by atoms with Crippen LogP contribution in [0, 0.1) is 39.9 Å². The second kappa shape index (κ2) is 27.7. The Bertz CT molecular complexity index is 767. The van der Waals surface area contributed by atoms with Gasteiger partial charge in [-0.3, -0.25) is 38.7 Å². The molecule has 0 rings (SSSR count). The van der Waals surface area contributed by atoms with E-state index < -0.39 is 37.5 Å². The van der Waals surface area contributed by atoms with Crippen LogP contribution < -0.4 is 0 Å². The first-order chi connectivity index (χ1) is 20.5. The number of ether oxygens (including phenoxy) is 4. The molecule has 255 valence electrons. The number of rotatable bonds is 28. The third-order valence-corrected chi connectivity index (χ3v) is 6.23. The molecule has 0 heterocycles. The Morgan fingerprint density at radius 2 is 0.682 bits per heavy atom. The molecule has 0 aromatic heterocycles. The van der Waals surface area contributed by atoms with Crippen molar-refractivity contribution in [1.82, 2.24) is 24.5 Å². The number of carboxylic acid groups (broad SMARTS) is 3. The SMILES string of the molecule is COCCN(CCOC)C(=O)CN(CCN(CCN(CC(=O)O)CC(=O)N(CCOC)CCOC)CC(=O)O)CC(=O)O.[Gd+3]. The molecule has 0 bridgehead atoms. The number of aliphatic carboxylic acids is 3. The molecular formula is C26H49GdN5O12+3. The van der Waals surface area contributed by atoms with Gasteiger partial charge in [-0.15, -0.1) is 0 Å². The molecule has 1 radical (unpaired) electrons. The van der Waals surface area contributed by atoms with Crippen molar-refractivity contribution in [2.45, 2.75) is 0 Å². The molecule has 17 nitrogen and oxygen atoms in total. The number of amides is 2. The predicted molar refractivity (Wildman–Crippen MR) is 153 cm³/mol. The van der Waals surface area contributed by atoms with Gasteiger partial charge >= 0.3 is 57.8 Å². The zero-order valence-corrected chi connectivity index (χ0v) is 28.4. The molecule has 0 fully saturated rings. The van der Waals surface area contributed by atoms with E-state index in [1.807, 2.05) is 0 Å². The Morgan fingerprint density at radius 3 is 0.932 bits per heavy atom. The van der Waals surface area contributed by atoms with Crippen molar-refractivity contribution >= 4 is 29.7 Å². The van der Waals surface area contributed by atoms with Crippen molar-refractivity contribution in [3.63, 3.8) is 0 Å². The van der Waals surface area contributed by atoms with Crippen molar-refractivity contribution in [2.75, 3.05) is 140 Å². The van der Waals surface area contributed by atoms with Crippen molar-refractivity contribution in [1.29, 1.82) is 0 Å². The second-order valence-corrected chi connectivity index (χ2v) is 9.61. The van der Waals surface area contributed by atoms with E-state index in [0.717, 1.165) is 0 Å². The molecule has 0 aliphatic heterocycles. The zero-order chi connectivity index (χ0) is 32.6. The number of hydrogen-bond donors (Lipinski definition) is 3. The first-order valence-electron chi connectivity index (χ1n) is 13.8. The fraction of sp³-hybridized carbons (Fsp3) is 0.808. The Kier molecular flexibility index (Phi) is 28.0. The van der Waals surface area contributed by atoms with E-state index in [0.29, 0.717) is 0 Å². The number of methoxy groups -OCH3 is 4. The summed E-state index contributed by atoms with van der Waals surface area (Å²) >= 11 is 0. The average Bonchev–Trinajstić information content (AvgIpc) is 2.93. The molecule has 0 saturated heterocycles. The number of carbonyl (C=O) groups is 5. The van der Waals surface area contributed by atoms with Gasteiger partial charge in [0.25, 0.3) is 0 Å². The Balaban J connectivity index is 0. The summed E-state index contributed by atoms with van der Waals surface area (Å²) < 4.78 is 20.2. The number of nitrogens with zero attached hydrogens (tertiary/aromatic N) is 5. The first-order valence-corrected chi connectivity index (χ1v) is 13.8. The van der Waals surface area contributed by atoms with E-state index in [1.165, 1.54) is 52.9 Å². The second-order valence-electron chi connectivity index (χ2n) is 9.61. The van der Waals surface area contributed by atoms with Gasteiger partial charge in [-0.25, -0.2) is 0 Å². The van der Waals surface area contributed by atoms with Crippen LogP contribution >= 0.6 is 0 Å². The number of hydrogen-bond acceptors (Lipinski definition) is 12. The molecule has 0 saturated carbocycles. The van der Waals surface area contributed by atoms with Crippen LogP contribution in [-0.4, -0.2) is 209 Å². The molecule has 0 aliphatic rings. The van der Waals surface area contributed by atoms with Gasteiger partial charge in [0, 0.05) is 80.8 Å². The molecule has 18 heteroatoms. The minimum atomic E-state index is -1.16. The Morgan fingerprint density at radius 1 is 0.432 bits per heavy atom. The van der Waals surface area contributed by atoms with Crippen LogP contribution in [0.15, 0.2) is 0 Å². The maximum Gasteiger partial charge on any atom is 3.00 e. The van der Waals surface area contributed by atoms with Crippen molar-refractivity contribution in [3.8, 4) is 0 Å². The van der Waals surface area contributed by atoms with Crippen LogP contribution in [0.3, 0.4) is 0 Å². The summed E-state index contributed by atoms with van der Waals surface area (Å²) in [5, 5.41) is 28.2. The fourth-order valence-corrected chi connectivity index (χ4v) is 3.95. The van der Waals surface area contributed by atoms with Crippen molar-refractivity contribution in [3.05, 3.63) is 0 Å². The maximum absolute atomic E-state index is 12.9. The summed E-state index contributed by atoms with van der Waals surface area (Å²) in [5.41, 5.74) is 0. The van der Waals surface area contributed by atoms with E-state index in [1.54, 1.807) is 0 Å². The number of carboxylic acids is 3. The molecule has 0 aromatic carbocycles. The van der Waals surface area contributed by atoms with E-state index in [9.17, 15) is 39.3 Å². The summed E-state index contributed by atoms with van der Waals surface area (Å²) in [5.74, 6) is -4.13. The van der Waals surface area contributed by atoms with E-state index >= 15 is 0 Å². The Labute approximate surface area is 290 Å². The topological polar surface area (TPSA) is 199 Å². The number of carbonyl (C=O) groups excluding carboxylic acids is 2. The monoisotopic (exact) mass is 781 g/mol. The van der Waals surface area contributed by atoms with Crippen LogP contribution in [0.2, 0.25) is 0 Å². The van der Waals surface area contributed by atoms with Gasteiger partial charge in [0.1, 0.15) is 0 Å². The van der Waals surface area contributed by atoms with E-state index in [2.05, 4.69) is 0 Å². The van der Waals surface area contributed by atoms with E-state index in [-0.39, 0.29) is 144 Å². The molecular weight excluding hydrogens is 732 g/mol. The van der Waals surface area contributed by atoms with Crippen LogP contribution in [0.4, 0.5) is 0 Å². The third kappa shape index (κ3) is 22.8. The van der Waals surface area contributed by atoms with Crippen molar-refractivity contribution < 1.29 is 98.2 Å². The summed E-state index contributed by atoms with van der Waals surface area (Å²) in [7, 11) is 6.00. The van der Waals surface area contributed by atoms with Crippen molar-refractivity contribution in [2.24, 2.45) is 0 Å². The van der Waals surface area contributed by atoms with E-state index in [4.69, 9.17) is 18.9 Å². The summed E-state index contributed by atoms with van der Waals surface area (Å²) in [6.45, 7) is 0.782. The largest absolute Gasteiger partial charge is 3.00 e. The van der Waals surface area contributed by atoms with Crippen LogP contribution in [0.5, 0.6) is 0 Å². The van der Waals surface area contributed by atoms with Gasteiger partial charge in [-0.2, -0.15) is 0 Å². The van der Waals surface area contributed by atoms with Gasteiger partial charge < -0.3 is 44.1 Å². The third-order valence-electron chi connectivity index (χ3n) is 6.23. The summed E-state index contributed by atoms with van der Waals surface area (Å²) in [6.07, 6.45) is 0. The molecule has 0 atom stereocenters. The molecule has 0 unspecified atom stereocenters. The molecule has 2 amide bonds. The normalized spacial score (nSPS) is 11.1. The smallest absolute Gasteiger partial charge is 0.480 e. The first kappa shape index (κ1) is 44.5. The van der Waals surface area contributed by atoms with Gasteiger partial charge in [0.05, 0.1) is 59.2 Å². The molecule has 0 aliphatic carbocycles. The van der Waals surface area contributed by atoms with Crippen LogP contribution in [0.1, 0.15) is 0 Å². The molecule has 44 heavy (non-hydrogen) atoms. The van der Waals surface area contributed by atoms with Crippen LogP contribution in [-0.2, 0) is 42.9 Å². The maximum atomic E-state index is 12.9. The molecule has 3 N–H and O–H groups in total. The van der Waals surface area contributed by atoms with Gasteiger partial charge in [-0.1, -0.05) is 0 Å². The predicted octanol–water partition coefficient (Wildman–Crippen LogP) is -2.61. The van der Waals surface area contributed by atoms with Crippen LogP contribution in [0.25, 0.3) is 0 Å². The van der Waals surface area contributed by atoms with Gasteiger partial charge in [0.2, 0.25) is 11.8 Å². The molecule has 0 spiro atoms.